The first-order valence-corrected chi connectivity index (χ1v) is 5.70. The van der Waals surface area contributed by atoms with Gasteiger partial charge in [-0.15, -0.1) is 0 Å². The van der Waals surface area contributed by atoms with E-state index >= 15 is 0 Å². The van der Waals surface area contributed by atoms with E-state index in [1.807, 2.05) is 0 Å². The lowest BCUT2D eigenvalue weighted by Gasteiger charge is -2.05. The lowest BCUT2D eigenvalue weighted by atomic mass is 10.1. The molecule has 19 heavy (non-hydrogen) atoms. The molecule has 1 N–H and O–H groups in total. The Bertz CT molecular complexity index is 466. The number of nitrogens with one attached hydrogen (secondary N) is 1. The van der Waals surface area contributed by atoms with Crippen molar-refractivity contribution in [3.05, 3.63) is 29.8 Å². The highest BCUT2D eigenvalue weighted by Gasteiger charge is 2.16. The molecule has 1 rings (SSSR count). The molecule has 0 heterocycles. The summed E-state index contributed by atoms with van der Waals surface area (Å²) in [5.74, 6) is -1.60. The molecule has 102 valence electrons. The number of esters is 1. The van der Waals surface area contributed by atoms with Gasteiger partial charge in [0.2, 0.25) is 0 Å². The second kappa shape index (κ2) is 7.15. The molecule has 1 aromatic rings. The van der Waals surface area contributed by atoms with Crippen LogP contribution in [0.25, 0.3) is 0 Å². The number of hydrogen-bond acceptors (Lipinski definition) is 5. The van der Waals surface area contributed by atoms with Crippen LogP contribution in [-0.2, 0) is 14.3 Å². The number of Topliss-reactive ketones (excluding diaryl/α,β-unsaturated/α-hetero) is 1. The van der Waals surface area contributed by atoms with Crippen molar-refractivity contribution < 1.29 is 23.9 Å². The molecule has 1 aromatic carbocycles. The van der Waals surface area contributed by atoms with Gasteiger partial charge in [-0.05, 0) is 31.2 Å². The minimum atomic E-state index is -0.995. The minimum absolute atomic E-state index is 0.110. The first-order chi connectivity index (χ1) is 9.08. The van der Waals surface area contributed by atoms with E-state index in [1.165, 1.54) is 7.11 Å². The van der Waals surface area contributed by atoms with Crippen molar-refractivity contribution in [3.8, 4) is 5.75 Å². The van der Waals surface area contributed by atoms with Crippen LogP contribution < -0.4 is 10.1 Å². The van der Waals surface area contributed by atoms with E-state index in [0.717, 1.165) is 0 Å². The first-order valence-electron chi connectivity index (χ1n) is 5.70. The topological polar surface area (TPSA) is 81.7 Å². The van der Waals surface area contributed by atoms with Crippen LogP contribution in [-0.4, -0.2) is 37.9 Å². The highest BCUT2D eigenvalue weighted by molar-refractivity contribution is 6.32. The van der Waals surface area contributed by atoms with Crippen LogP contribution in [0.4, 0.5) is 0 Å². The van der Waals surface area contributed by atoms with Crippen molar-refractivity contribution >= 4 is 17.7 Å². The summed E-state index contributed by atoms with van der Waals surface area (Å²) >= 11 is 0. The van der Waals surface area contributed by atoms with Gasteiger partial charge in [0, 0.05) is 5.56 Å². The average molecular weight is 265 g/mol. The van der Waals surface area contributed by atoms with Gasteiger partial charge >= 0.3 is 11.9 Å². The van der Waals surface area contributed by atoms with Crippen molar-refractivity contribution in [2.45, 2.75) is 6.92 Å². The summed E-state index contributed by atoms with van der Waals surface area (Å²) in [6, 6.07) is 6.44. The standard InChI is InChI=1S/C13H15NO5/c1-3-19-13(17)12(16)14-8-11(15)9-4-6-10(18-2)7-5-9/h4-7H,3,8H2,1-2H3,(H,14,16). The van der Waals surface area contributed by atoms with E-state index in [1.54, 1.807) is 31.2 Å². The average Bonchev–Trinajstić information content (AvgIpc) is 2.44. The third kappa shape index (κ3) is 4.42. The van der Waals surface area contributed by atoms with Gasteiger partial charge < -0.3 is 14.8 Å². The van der Waals surface area contributed by atoms with E-state index in [0.29, 0.717) is 11.3 Å². The Morgan fingerprint density at radius 1 is 1.16 bits per heavy atom. The molecule has 0 spiro atoms. The summed E-state index contributed by atoms with van der Waals surface area (Å²) in [6.07, 6.45) is 0. The van der Waals surface area contributed by atoms with Crippen LogP contribution in [0, 0.1) is 0 Å². The molecular weight excluding hydrogens is 250 g/mol. The molecule has 0 radical (unpaired) electrons. The highest BCUT2D eigenvalue weighted by Crippen LogP contribution is 2.11. The van der Waals surface area contributed by atoms with Crippen molar-refractivity contribution in [2.75, 3.05) is 20.3 Å². The first kappa shape index (κ1) is 14.7. The monoisotopic (exact) mass is 265 g/mol. The largest absolute Gasteiger partial charge is 0.497 e. The lowest BCUT2D eigenvalue weighted by molar-refractivity contribution is -0.154. The highest BCUT2D eigenvalue weighted by atomic mass is 16.5. The summed E-state index contributed by atoms with van der Waals surface area (Å²) in [7, 11) is 1.52. The van der Waals surface area contributed by atoms with Crippen molar-refractivity contribution in [1.29, 1.82) is 0 Å². The summed E-state index contributed by atoms with van der Waals surface area (Å²) < 4.78 is 9.46. The second-order valence-electron chi connectivity index (χ2n) is 3.55. The Kier molecular flexibility index (Phi) is 5.53. The molecule has 0 saturated heterocycles. The molecule has 0 unspecified atom stereocenters. The zero-order valence-corrected chi connectivity index (χ0v) is 10.8. The van der Waals surface area contributed by atoms with Crippen molar-refractivity contribution in [3.63, 3.8) is 0 Å². The van der Waals surface area contributed by atoms with Gasteiger partial charge in [-0.1, -0.05) is 0 Å². The number of carbonyl (C=O) groups is 3. The number of amides is 1. The number of methoxy groups -OCH3 is 1. The molecular formula is C13H15NO5. The quantitative estimate of drug-likeness (QED) is 0.478. The lowest BCUT2D eigenvalue weighted by Crippen LogP contribution is -2.36. The SMILES string of the molecule is CCOC(=O)C(=O)NCC(=O)c1ccc(OC)cc1. The zero-order valence-electron chi connectivity index (χ0n) is 10.8. The number of benzene rings is 1. The predicted molar refractivity (Wildman–Crippen MR) is 67.0 cm³/mol. The summed E-state index contributed by atoms with van der Waals surface area (Å²) in [4.78, 5) is 33.9. The number of hydrogen-bond donors (Lipinski definition) is 1. The molecule has 0 aromatic heterocycles. The maximum Gasteiger partial charge on any atom is 0.396 e. The molecule has 6 nitrogen and oxygen atoms in total. The van der Waals surface area contributed by atoms with Gasteiger partial charge in [0.05, 0.1) is 20.3 Å². The van der Waals surface area contributed by atoms with Gasteiger partial charge in [0.1, 0.15) is 5.75 Å². The van der Waals surface area contributed by atoms with Crippen molar-refractivity contribution in [2.24, 2.45) is 0 Å². The molecule has 0 aliphatic carbocycles. The van der Waals surface area contributed by atoms with Gasteiger partial charge in [0.25, 0.3) is 0 Å². The molecule has 0 fully saturated rings. The smallest absolute Gasteiger partial charge is 0.396 e. The van der Waals surface area contributed by atoms with Crippen LogP contribution in [0.1, 0.15) is 17.3 Å². The normalized spacial score (nSPS) is 9.58. The fourth-order valence-corrected chi connectivity index (χ4v) is 1.31. The molecule has 0 atom stereocenters. The Morgan fingerprint density at radius 3 is 2.32 bits per heavy atom. The van der Waals surface area contributed by atoms with Crippen LogP contribution in [0.3, 0.4) is 0 Å². The molecule has 6 heteroatoms. The van der Waals surface area contributed by atoms with Crippen molar-refractivity contribution in [1.82, 2.24) is 5.32 Å². The van der Waals surface area contributed by atoms with Gasteiger partial charge in [-0.25, -0.2) is 4.79 Å². The third-order valence-electron chi connectivity index (χ3n) is 2.28. The number of ether oxygens (including phenoxy) is 2. The summed E-state index contributed by atoms with van der Waals surface area (Å²) in [5, 5.41) is 2.20. The molecule has 0 aliphatic heterocycles. The Balaban J connectivity index is 2.50. The fourth-order valence-electron chi connectivity index (χ4n) is 1.31. The van der Waals surface area contributed by atoms with E-state index < -0.39 is 11.9 Å². The van der Waals surface area contributed by atoms with Crippen LogP contribution in [0.2, 0.25) is 0 Å². The van der Waals surface area contributed by atoms with Gasteiger partial charge in [-0.3, -0.25) is 9.59 Å². The van der Waals surface area contributed by atoms with E-state index in [2.05, 4.69) is 10.1 Å². The van der Waals surface area contributed by atoms with Crippen LogP contribution in [0.5, 0.6) is 5.75 Å². The minimum Gasteiger partial charge on any atom is -0.497 e. The Labute approximate surface area is 110 Å². The molecule has 1 amide bonds. The van der Waals surface area contributed by atoms with Gasteiger partial charge in [0.15, 0.2) is 5.78 Å². The van der Waals surface area contributed by atoms with E-state index in [4.69, 9.17) is 4.74 Å². The zero-order chi connectivity index (χ0) is 14.3. The maximum absolute atomic E-state index is 11.7. The van der Waals surface area contributed by atoms with E-state index in [9.17, 15) is 14.4 Å². The Hall–Kier alpha value is -2.37. The molecule has 0 bridgehead atoms. The Morgan fingerprint density at radius 2 is 1.79 bits per heavy atom. The number of rotatable bonds is 5. The maximum atomic E-state index is 11.7. The fraction of sp³-hybridized carbons (Fsp3) is 0.308. The van der Waals surface area contributed by atoms with Crippen LogP contribution >= 0.6 is 0 Å². The van der Waals surface area contributed by atoms with Crippen LogP contribution in [0.15, 0.2) is 24.3 Å². The molecule has 0 saturated carbocycles. The van der Waals surface area contributed by atoms with Gasteiger partial charge in [-0.2, -0.15) is 0 Å². The van der Waals surface area contributed by atoms with E-state index in [-0.39, 0.29) is 18.9 Å². The number of carbonyl (C=O) groups excluding carboxylic acids is 3. The second-order valence-corrected chi connectivity index (χ2v) is 3.55. The summed E-state index contributed by atoms with van der Waals surface area (Å²) in [5.41, 5.74) is 0.421. The number of ketones is 1. The predicted octanol–water partition coefficient (Wildman–Crippen LogP) is 0.557. The molecule has 0 aliphatic rings. The third-order valence-corrected chi connectivity index (χ3v) is 2.28. The summed E-state index contributed by atoms with van der Waals surface area (Å²) in [6.45, 7) is 1.44.